The Morgan fingerprint density at radius 1 is 1.53 bits per heavy atom. The average molecular weight is 215 g/mol. The summed E-state index contributed by atoms with van der Waals surface area (Å²) in [5.41, 5.74) is 5.18. The summed E-state index contributed by atoms with van der Waals surface area (Å²) in [5, 5.41) is 11.5. The number of aliphatic carboxylic acids is 1. The number of hydrogen-bond acceptors (Lipinski definition) is 4. The molecule has 0 radical (unpaired) electrons. The molecule has 15 heavy (non-hydrogen) atoms. The van der Waals surface area contributed by atoms with Crippen LogP contribution < -0.4 is 11.1 Å². The van der Waals surface area contributed by atoms with Crippen molar-refractivity contribution in [3.63, 3.8) is 0 Å². The first-order valence-electron chi connectivity index (χ1n) is 5.06. The summed E-state index contributed by atoms with van der Waals surface area (Å²) in [6.45, 7) is 2.84. The van der Waals surface area contributed by atoms with Crippen LogP contribution in [0.4, 0.5) is 0 Å². The molecule has 1 aliphatic rings. The number of amides is 1. The maximum atomic E-state index is 10.9. The third kappa shape index (κ3) is 4.26. The number of hydrogen-bond donors (Lipinski definition) is 3. The zero-order valence-electron chi connectivity index (χ0n) is 8.61. The molecule has 1 atom stereocenters. The van der Waals surface area contributed by atoms with Crippen LogP contribution in [0.25, 0.3) is 0 Å². The van der Waals surface area contributed by atoms with Gasteiger partial charge in [0.2, 0.25) is 5.91 Å². The molecular weight excluding hydrogens is 198 g/mol. The van der Waals surface area contributed by atoms with Crippen LogP contribution in [0.15, 0.2) is 0 Å². The maximum Gasteiger partial charge on any atom is 0.303 e. The fraction of sp³-hybridized carbons (Fsp3) is 0.778. The van der Waals surface area contributed by atoms with E-state index in [9.17, 15) is 9.59 Å². The third-order valence-corrected chi connectivity index (χ3v) is 2.47. The van der Waals surface area contributed by atoms with Crippen molar-refractivity contribution in [3.05, 3.63) is 0 Å². The molecule has 0 bridgehead atoms. The van der Waals surface area contributed by atoms with Crippen molar-refractivity contribution < 1.29 is 14.7 Å². The molecule has 1 fully saturated rings. The van der Waals surface area contributed by atoms with Crippen LogP contribution in [0.3, 0.4) is 0 Å². The monoisotopic (exact) mass is 215 g/mol. The normalized spacial score (nSPS) is 22.5. The number of nitrogens with zero attached hydrogens (tertiary/aromatic N) is 1. The lowest BCUT2D eigenvalue weighted by molar-refractivity contribution is -0.137. The van der Waals surface area contributed by atoms with Crippen LogP contribution in [0.2, 0.25) is 0 Å². The summed E-state index contributed by atoms with van der Waals surface area (Å²) < 4.78 is 0. The number of rotatable bonds is 5. The minimum Gasteiger partial charge on any atom is -0.481 e. The Balaban J connectivity index is 2.24. The van der Waals surface area contributed by atoms with Gasteiger partial charge < -0.3 is 16.2 Å². The molecule has 0 spiro atoms. The lowest BCUT2D eigenvalue weighted by Gasteiger charge is -2.31. The van der Waals surface area contributed by atoms with Gasteiger partial charge in [0.25, 0.3) is 0 Å². The van der Waals surface area contributed by atoms with Crippen molar-refractivity contribution in [3.8, 4) is 0 Å². The van der Waals surface area contributed by atoms with Crippen LogP contribution in [-0.2, 0) is 9.59 Å². The van der Waals surface area contributed by atoms with Gasteiger partial charge in [0.05, 0.1) is 6.04 Å². The summed E-state index contributed by atoms with van der Waals surface area (Å²) in [7, 11) is 0. The maximum absolute atomic E-state index is 10.9. The lowest BCUT2D eigenvalue weighted by atomic mass is 10.2. The molecule has 6 heteroatoms. The molecule has 1 amide bonds. The van der Waals surface area contributed by atoms with E-state index in [4.69, 9.17) is 10.8 Å². The summed E-state index contributed by atoms with van der Waals surface area (Å²) in [6.07, 6.45) is 0.784. The van der Waals surface area contributed by atoms with Gasteiger partial charge in [0.15, 0.2) is 0 Å². The Morgan fingerprint density at radius 2 is 2.27 bits per heavy atom. The van der Waals surface area contributed by atoms with Crippen molar-refractivity contribution in [1.82, 2.24) is 10.2 Å². The van der Waals surface area contributed by atoms with Crippen LogP contribution in [0.5, 0.6) is 0 Å². The summed E-state index contributed by atoms with van der Waals surface area (Å²) in [4.78, 5) is 23.3. The molecule has 0 aliphatic carbocycles. The quantitative estimate of drug-likeness (QED) is 0.525. The fourth-order valence-electron chi connectivity index (χ4n) is 1.66. The van der Waals surface area contributed by atoms with Gasteiger partial charge in [-0.1, -0.05) is 0 Å². The highest BCUT2D eigenvalue weighted by Crippen LogP contribution is 2.01. The molecule has 1 unspecified atom stereocenters. The zero-order chi connectivity index (χ0) is 11.3. The van der Waals surface area contributed by atoms with E-state index in [1.807, 2.05) is 0 Å². The minimum atomic E-state index is -0.781. The molecule has 0 aromatic heterocycles. The first-order chi connectivity index (χ1) is 7.09. The molecule has 4 N–H and O–H groups in total. The summed E-state index contributed by atoms with van der Waals surface area (Å²) in [6, 6.07) is -0.302. The third-order valence-electron chi connectivity index (χ3n) is 2.47. The number of carbonyl (C=O) groups is 2. The molecule has 0 aromatic rings. The van der Waals surface area contributed by atoms with E-state index in [2.05, 4.69) is 10.2 Å². The summed E-state index contributed by atoms with van der Waals surface area (Å²) in [5.74, 6) is -1.13. The Hall–Kier alpha value is -1.14. The highest BCUT2D eigenvalue weighted by atomic mass is 16.4. The molecule has 1 saturated heterocycles. The molecule has 1 aliphatic heterocycles. The minimum absolute atomic E-state index is 0.172. The van der Waals surface area contributed by atoms with E-state index >= 15 is 0 Å². The largest absolute Gasteiger partial charge is 0.481 e. The molecule has 6 nitrogen and oxygen atoms in total. The van der Waals surface area contributed by atoms with Crippen LogP contribution >= 0.6 is 0 Å². The number of carboxylic acids is 1. The van der Waals surface area contributed by atoms with E-state index in [-0.39, 0.29) is 18.4 Å². The highest BCUT2D eigenvalue weighted by molar-refractivity contribution is 5.80. The van der Waals surface area contributed by atoms with Gasteiger partial charge in [0, 0.05) is 26.1 Å². The molecule has 0 aromatic carbocycles. The zero-order valence-corrected chi connectivity index (χ0v) is 8.61. The number of primary amides is 1. The lowest BCUT2D eigenvalue weighted by Crippen LogP contribution is -2.56. The average Bonchev–Trinajstić information content (AvgIpc) is 2.17. The Labute approximate surface area is 88.4 Å². The SMILES string of the molecule is NC(=O)C1CN(CCCC(=O)O)CCN1. The predicted molar refractivity (Wildman–Crippen MR) is 54.3 cm³/mol. The van der Waals surface area contributed by atoms with Gasteiger partial charge in [-0.05, 0) is 13.0 Å². The second-order valence-electron chi connectivity index (χ2n) is 3.71. The van der Waals surface area contributed by atoms with Gasteiger partial charge in [-0.3, -0.25) is 14.5 Å². The molecular formula is C9H17N3O3. The second kappa shape index (κ2) is 5.67. The Bertz CT molecular complexity index is 245. The van der Waals surface area contributed by atoms with Crippen molar-refractivity contribution in [2.75, 3.05) is 26.2 Å². The Kier molecular flexibility index (Phi) is 4.51. The van der Waals surface area contributed by atoms with E-state index in [0.29, 0.717) is 19.5 Å². The van der Waals surface area contributed by atoms with Crippen LogP contribution in [-0.4, -0.2) is 54.1 Å². The smallest absolute Gasteiger partial charge is 0.303 e. The van der Waals surface area contributed by atoms with Crippen molar-refractivity contribution >= 4 is 11.9 Å². The van der Waals surface area contributed by atoms with Gasteiger partial charge in [-0.25, -0.2) is 0 Å². The van der Waals surface area contributed by atoms with Gasteiger partial charge in [-0.15, -0.1) is 0 Å². The van der Waals surface area contributed by atoms with Gasteiger partial charge in [0.1, 0.15) is 0 Å². The summed E-state index contributed by atoms with van der Waals surface area (Å²) >= 11 is 0. The van der Waals surface area contributed by atoms with Gasteiger partial charge >= 0.3 is 5.97 Å². The number of nitrogens with one attached hydrogen (secondary N) is 1. The Morgan fingerprint density at radius 3 is 2.87 bits per heavy atom. The second-order valence-corrected chi connectivity index (χ2v) is 3.71. The highest BCUT2D eigenvalue weighted by Gasteiger charge is 2.22. The molecule has 1 rings (SSSR count). The first kappa shape index (κ1) is 11.9. The molecule has 0 saturated carbocycles. The van der Waals surface area contributed by atoms with E-state index in [0.717, 1.165) is 13.1 Å². The molecule has 1 heterocycles. The van der Waals surface area contributed by atoms with E-state index in [1.165, 1.54) is 0 Å². The number of carboxylic acid groups (broad SMARTS) is 1. The molecule has 86 valence electrons. The fourth-order valence-corrected chi connectivity index (χ4v) is 1.66. The standard InChI is InChI=1S/C9H17N3O3/c10-9(15)7-6-12(5-3-11-7)4-1-2-8(13)14/h7,11H,1-6H2,(H2,10,15)(H,13,14). The van der Waals surface area contributed by atoms with Crippen molar-refractivity contribution in [1.29, 1.82) is 0 Å². The number of carbonyl (C=O) groups excluding carboxylic acids is 1. The topological polar surface area (TPSA) is 95.7 Å². The van der Waals surface area contributed by atoms with Crippen LogP contribution in [0, 0.1) is 0 Å². The van der Waals surface area contributed by atoms with Crippen molar-refractivity contribution in [2.24, 2.45) is 5.73 Å². The first-order valence-corrected chi connectivity index (χ1v) is 5.06. The van der Waals surface area contributed by atoms with E-state index in [1.54, 1.807) is 0 Å². The van der Waals surface area contributed by atoms with Crippen molar-refractivity contribution in [2.45, 2.75) is 18.9 Å². The van der Waals surface area contributed by atoms with Gasteiger partial charge in [-0.2, -0.15) is 0 Å². The predicted octanol–water partition coefficient (Wildman–Crippen LogP) is -1.39. The van der Waals surface area contributed by atoms with Crippen LogP contribution in [0.1, 0.15) is 12.8 Å². The van der Waals surface area contributed by atoms with E-state index < -0.39 is 5.97 Å². The number of piperazine rings is 1. The number of nitrogens with two attached hydrogens (primary N) is 1.